The second-order valence-electron chi connectivity index (χ2n) is 7.02. The first-order valence-corrected chi connectivity index (χ1v) is 9.65. The maximum atomic E-state index is 12.4. The molecule has 0 bridgehead atoms. The minimum atomic E-state index is -4.59. The topological polar surface area (TPSA) is 148 Å². The van der Waals surface area contributed by atoms with E-state index in [2.05, 4.69) is 19.0 Å². The summed E-state index contributed by atoms with van der Waals surface area (Å²) in [7, 11) is -4.59. The molecule has 1 rings (SSSR count). The molecule has 1 aliphatic rings. The number of rotatable bonds is 9. The van der Waals surface area contributed by atoms with E-state index >= 15 is 0 Å². The average Bonchev–Trinajstić information content (AvgIpc) is 2.83. The molecule has 150 valence electrons. The summed E-state index contributed by atoms with van der Waals surface area (Å²) >= 11 is 0. The van der Waals surface area contributed by atoms with Gasteiger partial charge in [-0.15, -0.1) is 0 Å². The Labute approximate surface area is 152 Å². The highest BCUT2D eigenvalue weighted by Crippen LogP contribution is 2.26. The summed E-state index contributed by atoms with van der Waals surface area (Å²) in [5.41, 5.74) is -2.74. The smallest absolute Gasteiger partial charge is 0.401 e. The molecule has 10 nitrogen and oxygen atoms in total. The summed E-state index contributed by atoms with van der Waals surface area (Å²) in [6, 6.07) is -1.03. The van der Waals surface area contributed by atoms with E-state index in [1.165, 1.54) is 0 Å². The van der Waals surface area contributed by atoms with Crippen LogP contribution >= 0.6 is 0 Å². The molecule has 0 unspecified atom stereocenters. The van der Waals surface area contributed by atoms with Gasteiger partial charge in [0, 0.05) is 6.54 Å². The van der Waals surface area contributed by atoms with Crippen molar-refractivity contribution in [2.24, 2.45) is 11.8 Å². The normalized spacial score (nSPS) is 23.0. The van der Waals surface area contributed by atoms with Crippen LogP contribution in [-0.4, -0.2) is 56.1 Å². The van der Waals surface area contributed by atoms with Crippen molar-refractivity contribution in [1.29, 1.82) is 0 Å². The number of carbonyl (C=O) groups is 3. The molecule has 0 spiro atoms. The summed E-state index contributed by atoms with van der Waals surface area (Å²) in [5.74, 6) is -3.16. The molecular formula is C15H26N2O8S. The number of carboxylic acid groups (broad SMARTS) is 1. The number of nitrogens with one attached hydrogen (secondary N) is 2. The molecule has 0 aliphatic carbocycles. The minimum Gasteiger partial charge on any atom is -0.479 e. The summed E-state index contributed by atoms with van der Waals surface area (Å²) < 4.78 is 31.2. The van der Waals surface area contributed by atoms with Crippen molar-refractivity contribution in [3.05, 3.63) is 0 Å². The third kappa shape index (κ3) is 5.92. The van der Waals surface area contributed by atoms with Crippen LogP contribution in [0.4, 0.5) is 0 Å². The van der Waals surface area contributed by atoms with Gasteiger partial charge >= 0.3 is 16.4 Å². The van der Waals surface area contributed by atoms with Crippen molar-refractivity contribution in [2.45, 2.75) is 52.2 Å². The van der Waals surface area contributed by atoms with Crippen LogP contribution in [0.1, 0.15) is 40.5 Å². The predicted molar refractivity (Wildman–Crippen MR) is 90.2 cm³/mol. The SMILES string of the molecule is CC(C)CCNC(=O)[C@H](CC(C)C)NC(=O)[C@]1(C(=O)O)COS(=O)(=O)O1. The molecular weight excluding hydrogens is 368 g/mol. The Kier molecular flexibility index (Phi) is 7.54. The van der Waals surface area contributed by atoms with Crippen LogP contribution in [0.25, 0.3) is 0 Å². The van der Waals surface area contributed by atoms with E-state index in [0.29, 0.717) is 12.5 Å². The van der Waals surface area contributed by atoms with Crippen LogP contribution in [0.3, 0.4) is 0 Å². The Balaban J connectivity index is 2.90. The van der Waals surface area contributed by atoms with E-state index in [1.807, 2.05) is 27.7 Å². The molecule has 0 radical (unpaired) electrons. The molecule has 2 atom stereocenters. The number of carboxylic acids is 1. The Morgan fingerprint density at radius 1 is 1.15 bits per heavy atom. The lowest BCUT2D eigenvalue weighted by Gasteiger charge is -2.25. The van der Waals surface area contributed by atoms with Crippen LogP contribution in [0.5, 0.6) is 0 Å². The predicted octanol–water partition coefficient (Wildman–Crippen LogP) is -0.205. The van der Waals surface area contributed by atoms with E-state index in [0.717, 1.165) is 6.42 Å². The van der Waals surface area contributed by atoms with Gasteiger partial charge in [0.05, 0.1) is 0 Å². The van der Waals surface area contributed by atoms with E-state index in [4.69, 9.17) is 0 Å². The summed E-state index contributed by atoms with van der Waals surface area (Å²) in [4.78, 5) is 36.2. The molecule has 2 amide bonds. The maximum Gasteiger partial charge on any atom is 0.401 e. The zero-order valence-electron chi connectivity index (χ0n) is 15.3. The average molecular weight is 394 g/mol. The maximum absolute atomic E-state index is 12.4. The van der Waals surface area contributed by atoms with Gasteiger partial charge in [0.25, 0.3) is 11.5 Å². The van der Waals surface area contributed by atoms with Crippen molar-refractivity contribution >= 4 is 28.2 Å². The monoisotopic (exact) mass is 394 g/mol. The van der Waals surface area contributed by atoms with Gasteiger partial charge in [-0.1, -0.05) is 27.7 Å². The second-order valence-corrected chi connectivity index (χ2v) is 8.23. The molecule has 1 saturated heterocycles. The standard InChI is InChI=1S/C15H26N2O8S/c1-9(2)5-6-16-12(18)11(7-10(3)4)17-13(19)15(14(20)21)8-24-26(22,23)25-15/h9-11H,5-8H2,1-4H3,(H,16,18)(H,17,19)(H,20,21)/t11-,15-/m0/s1. The number of hydrogen-bond donors (Lipinski definition) is 3. The van der Waals surface area contributed by atoms with Crippen molar-refractivity contribution in [3.63, 3.8) is 0 Å². The number of carbonyl (C=O) groups excluding carboxylic acids is 2. The van der Waals surface area contributed by atoms with Crippen LogP contribution in [0.15, 0.2) is 0 Å². The number of amides is 2. The Morgan fingerprint density at radius 2 is 1.77 bits per heavy atom. The molecule has 3 N–H and O–H groups in total. The van der Waals surface area contributed by atoms with Crippen molar-refractivity contribution in [1.82, 2.24) is 10.6 Å². The Bertz CT molecular complexity index is 646. The largest absolute Gasteiger partial charge is 0.479 e. The van der Waals surface area contributed by atoms with Gasteiger partial charge < -0.3 is 15.7 Å². The van der Waals surface area contributed by atoms with Crippen molar-refractivity contribution in [2.75, 3.05) is 13.2 Å². The highest BCUT2D eigenvalue weighted by atomic mass is 32.3. The molecule has 0 aromatic rings. The second kappa shape index (κ2) is 8.78. The van der Waals surface area contributed by atoms with E-state index < -0.39 is 46.4 Å². The highest BCUT2D eigenvalue weighted by Gasteiger charge is 2.58. The Hall–Kier alpha value is -1.72. The summed E-state index contributed by atoms with van der Waals surface area (Å²) in [6.07, 6.45) is 0.977. The molecule has 0 aromatic heterocycles. The molecule has 11 heteroatoms. The lowest BCUT2D eigenvalue weighted by atomic mass is 10.00. The van der Waals surface area contributed by atoms with Crippen LogP contribution in [0, 0.1) is 11.8 Å². The molecule has 26 heavy (non-hydrogen) atoms. The molecule has 0 saturated carbocycles. The fourth-order valence-corrected chi connectivity index (χ4v) is 3.16. The molecule has 1 aliphatic heterocycles. The van der Waals surface area contributed by atoms with Crippen LogP contribution < -0.4 is 10.6 Å². The lowest BCUT2D eigenvalue weighted by Crippen LogP contribution is -2.59. The Morgan fingerprint density at radius 3 is 2.19 bits per heavy atom. The quantitative estimate of drug-likeness (QED) is 0.455. The number of hydrogen-bond acceptors (Lipinski definition) is 7. The van der Waals surface area contributed by atoms with Crippen LogP contribution in [-0.2, 0) is 33.1 Å². The van der Waals surface area contributed by atoms with Crippen molar-refractivity contribution < 1.29 is 36.3 Å². The minimum absolute atomic E-state index is 0.0152. The molecule has 0 aromatic carbocycles. The summed E-state index contributed by atoms with van der Waals surface area (Å²) in [6.45, 7) is 7.04. The van der Waals surface area contributed by atoms with Gasteiger partial charge in [-0.3, -0.25) is 9.59 Å². The highest BCUT2D eigenvalue weighted by molar-refractivity contribution is 7.82. The van der Waals surface area contributed by atoms with Gasteiger partial charge in [0.2, 0.25) is 5.91 Å². The van der Waals surface area contributed by atoms with E-state index in [1.54, 1.807) is 0 Å². The number of aliphatic carboxylic acids is 1. The summed E-state index contributed by atoms with van der Waals surface area (Å²) in [5, 5.41) is 14.2. The lowest BCUT2D eigenvalue weighted by molar-refractivity contribution is -0.162. The van der Waals surface area contributed by atoms with Crippen LogP contribution in [0.2, 0.25) is 0 Å². The van der Waals surface area contributed by atoms with Gasteiger partial charge in [-0.05, 0) is 24.7 Å². The van der Waals surface area contributed by atoms with Gasteiger partial charge in [0.15, 0.2) is 0 Å². The van der Waals surface area contributed by atoms with Crippen molar-refractivity contribution in [3.8, 4) is 0 Å². The first-order chi connectivity index (χ1) is 11.9. The third-order valence-electron chi connectivity index (χ3n) is 3.71. The molecule has 1 fully saturated rings. The zero-order valence-corrected chi connectivity index (χ0v) is 16.1. The van der Waals surface area contributed by atoms with Gasteiger partial charge in [-0.25, -0.2) is 13.2 Å². The first kappa shape index (κ1) is 22.3. The molecule has 1 heterocycles. The fourth-order valence-electron chi connectivity index (χ4n) is 2.26. The first-order valence-electron chi connectivity index (χ1n) is 8.31. The van der Waals surface area contributed by atoms with Gasteiger partial charge in [0.1, 0.15) is 12.6 Å². The third-order valence-corrected chi connectivity index (χ3v) is 4.61. The van der Waals surface area contributed by atoms with E-state index in [9.17, 15) is 27.9 Å². The van der Waals surface area contributed by atoms with Gasteiger partial charge in [-0.2, -0.15) is 8.42 Å². The van der Waals surface area contributed by atoms with E-state index in [-0.39, 0.29) is 12.3 Å². The fraction of sp³-hybridized carbons (Fsp3) is 0.800. The zero-order chi connectivity index (χ0) is 20.1.